The molecule has 2 aliphatic rings. The first-order valence-electron chi connectivity index (χ1n) is 10.2. The summed E-state index contributed by atoms with van der Waals surface area (Å²) in [5.74, 6) is -0.766. The fourth-order valence-corrected chi connectivity index (χ4v) is 6.58. The molecule has 174 valence electrons. The highest BCUT2D eigenvalue weighted by Gasteiger charge is 2.32. The van der Waals surface area contributed by atoms with Gasteiger partial charge in [-0.15, -0.1) is 0 Å². The third-order valence-corrected chi connectivity index (χ3v) is 8.83. The van der Waals surface area contributed by atoms with Crippen molar-refractivity contribution in [3.05, 3.63) is 29.8 Å². The number of hydrogen-bond acceptors (Lipinski definition) is 7. The van der Waals surface area contributed by atoms with Crippen LogP contribution in [0.25, 0.3) is 0 Å². The zero-order valence-corrected chi connectivity index (χ0v) is 19.3. The van der Waals surface area contributed by atoms with Crippen LogP contribution < -0.4 is 5.32 Å². The molecule has 0 radical (unpaired) electrons. The molecule has 3 rings (SSSR count). The lowest BCUT2D eigenvalue weighted by molar-refractivity contribution is -0.0440. The van der Waals surface area contributed by atoms with Gasteiger partial charge in [-0.25, -0.2) is 16.8 Å². The summed E-state index contributed by atoms with van der Waals surface area (Å²) in [4.78, 5) is 12.5. The van der Waals surface area contributed by atoms with E-state index < -0.39 is 26.0 Å². The summed E-state index contributed by atoms with van der Waals surface area (Å²) in [6.45, 7) is 5.34. The molecule has 0 spiro atoms. The number of benzene rings is 1. The van der Waals surface area contributed by atoms with Crippen molar-refractivity contribution in [2.75, 3.05) is 51.7 Å². The lowest BCUT2D eigenvalue weighted by atomic mass is 10.2. The van der Waals surface area contributed by atoms with E-state index in [1.54, 1.807) is 0 Å². The highest BCUT2D eigenvalue weighted by Crippen LogP contribution is 2.22. The number of nitrogens with zero attached hydrogens (tertiary/aromatic N) is 2. The molecular weight excluding hydrogens is 446 g/mol. The van der Waals surface area contributed by atoms with Crippen molar-refractivity contribution in [2.45, 2.75) is 31.0 Å². The average molecular weight is 476 g/mol. The molecule has 0 bridgehead atoms. The lowest BCUT2D eigenvalue weighted by Crippen LogP contribution is -2.48. The Labute approximate surface area is 183 Å². The van der Waals surface area contributed by atoms with Crippen molar-refractivity contribution in [1.29, 1.82) is 0 Å². The first-order valence-corrected chi connectivity index (χ1v) is 13.2. The van der Waals surface area contributed by atoms with Gasteiger partial charge in [0.15, 0.2) is 0 Å². The third-order valence-electron chi connectivity index (χ3n) is 5.13. The van der Waals surface area contributed by atoms with Gasteiger partial charge in [0.1, 0.15) is 0 Å². The highest BCUT2D eigenvalue weighted by atomic mass is 32.2. The Balaban J connectivity index is 1.63. The Hall–Kier alpha value is -1.57. The van der Waals surface area contributed by atoms with Gasteiger partial charge >= 0.3 is 0 Å². The molecule has 2 aliphatic heterocycles. The SMILES string of the molecule is CC1CN(S(=O)(=O)c2cccc(C(=O)NCCS(=O)(=O)N3CCOCC3)c2)CC(C)O1. The smallest absolute Gasteiger partial charge is 0.251 e. The van der Waals surface area contributed by atoms with E-state index in [9.17, 15) is 21.6 Å². The maximum absolute atomic E-state index is 13.0. The first kappa shape index (κ1) is 24.1. The van der Waals surface area contributed by atoms with Gasteiger partial charge in [0, 0.05) is 38.3 Å². The molecule has 2 unspecified atom stereocenters. The molecule has 0 aromatic heterocycles. The van der Waals surface area contributed by atoms with Crippen LogP contribution in [0.15, 0.2) is 29.2 Å². The van der Waals surface area contributed by atoms with Gasteiger partial charge in [0.25, 0.3) is 5.91 Å². The third kappa shape index (κ3) is 6.02. The van der Waals surface area contributed by atoms with Crippen molar-refractivity contribution < 1.29 is 31.1 Å². The summed E-state index contributed by atoms with van der Waals surface area (Å²) >= 11 is 0. The fourth-order valence-electron chi connectivity index (χ4n) is 3.62. The molecule has 0 saturated carbocycles. The monoisotopic (exact) mass is 475 g/mol. The van der Waals surface area contributed by atoms with Crippen LogP contribution in [-0.2, 0) is 29.5 Å². The molecule has 1 N–H and O–H groups in total. The number of carbonyl (C=O) groups excluding carboxylic acids is 1. The van der Waals surface area contributed by atoms with Gasteiger partial charge in [-0.1, -0.05) is 6.07 Å². The molecule has 1 aromatic carbocycles. The largest absolute Gasteiger partial charge is 0.379 e. The molecule has 2 fully saturated rings. The van der Waals surface area contributed by atoms with Crippen molar-refractivity contribution in [3.8, 4) is 0 Å². The Morgan fingerprint density at radius 1 is 1.06 bits per heavy atom. The van der Waals surface area contributed by atoms with Crippen LogP contribution in [0.3, 0.4) is 0 Å². The van der Waals surface area contributed by atoms with E-state index in [2.05, 4.69) is 5.32 Å². The quantitative estimate of drug-likeness (QED) is 0.583. The summed E-state index contributed by atoms with van der Waals surface area (Å²) in [6.07, 6.45) is -0.447. The topological polar surface area (TPSA) is 122 Å². The summed E-state index contributed by atoms with van der Waals surface area (Å²) in [5.41, 5.74) is 0.152. The Bertz CT molecular complexity index is 982. The van der Waals surface area contributed by atoms with Crippen LogP contribution in [-0.4, -0.2) is 95.3 Å². The van der Waals surface area contributed by atoms with Gasteiger partial charge in [0.05, 0.1) is 36.1 Å². The second-order valence-corrected chi connectivity index (χ2v) is 11.7. The molecule has 31 heavy (non-hydrogen) atoms. The molecule has 12 heteroatoms. The number of amides is 1. The minimum Gasteiger partial charge on any atom is -0.379 e. The number of ether oxygens (including phenoxy) is 2. The van der Waals surface area contributed by atoms with E-state index in [1.807, 2.05) is 13.8 Å². The van der Waals surface area contributed by atoms with Crippen molar-refractivity contribution in [2.24, 2.45) is 0 Å². The van der Waals surface area contributed by atoms with Crippen molar-refractivity contribution >= 4 is 26.0 Å². The number of morpholine rings is 2. The molecule has 0 aliphatic carbocycles. The minimum absolute atomic E-state index is 0.0161. The molecule has 2 heterocycles. The summed E-state index contributed by atoms with van der Waals surface area (Å²) < 4.78 is 64.2. The second-order valence-electron chi connectivity index (χ2n) is 7.69. The average Bonchev–Trinajstić information content (AvgIpc) is 2.73. The predicted molar refractivity (Wildman–Crippen MR) is 114 cm³/mol. The zero-order chi connectivity index (χ0) is 22.6. The maximum atomic E-state index is 13.0. The van der Waals surface area contributed by atoms with E-state index >= 15 is 0 Å². The molecule has 10 nitrogen and oxygen atoms in total. The molecule has 2 saturated heterocycles. The van der Waals surface area contributed by atoms with Crippen LogP contribution in [0.1, 0.15) is 24.2 Å². The molecule has 1 amide bonds. The van der Waals surface area contributed by atoms with Gasteiger partial charge in [0.2, 0.25) is 20.0 Å². The number of nitrogens with one attached hydrogen (secondary N) is 1. The normalized spacial score (nSPS) is 24.1. The fraction of sp³-hybridized carbons (Fsp3) is 0.632. The van der Waals surface area contributed by atoms with Crippen LogP contribution in [0, 0.1) is 0 Å². The lowest BCUT2D eigenvalue weighted by Gasteiger charge is -2.34. The van der Waals surface area contributed by atoms with Crippen LogP contribution in [0.4, 0.5) is 0 Å². The number of hydrogen-bond donors (Lipinski definition) is 1. The van der Waals surface area contributed by atoms with Crippen LogP contribution in [0.5, 0.6) is 0 Å². The van der Waals surface area contributed by atoms with Crippen LogP contribution in [0.2, 0.25) is 0 Å². The summed E-state index contributed by atoms with van der Waals surface area (Å²) in [6, 6.07) is 5.75. The molecule has 1 aromatic rings. The summed E-state index contributed by atoms with van der Waals surface area (Å²) in [7, 11) is -7.28. The highest BCUT2D eigenvalue weighted by molar-refractivity contribution is 7.89. The van der Waals surface area contributed by atoms with E-state index in [4.69, 9.17) is 9.47 Å². The van der Waals surface area contributed by atoms with Gasteiger partial charge in [-0.05, 0) is 32.0 Å². The number of sulfonamides is 2. The Morgan fingerprint density at radius 3 is 2.35 bits per heavy atom. The minimum atomic E-state index is -3.78. The number of carbonyl (C=O) groups is 1. The van der Waals surface area contributed by atoms with Gasteiger partial charge < -0.3 is 14.8 Å². The van der Waals surface area contributed by atoms with Crippen molar-refractivity contribution in [3.63, 3.8) is 0 Å². The standard InChI is InChI=1S/C19H29N3O7S2/c1-15-13-22(14-16(2)29-15)31(26,27)18-5-3-4-17(12-18)19(23)20-6-11-30(24,25)21-7-9-28-10-8-21/h3-5,12,15-16H,6-11,13-14H2,1-2H3,(H,20,23). The molecular formula is C19H29N3O7S2. The number of rotatable bonds is 7. The zero-order valence-electron chi connectivity index (χ0n) is 17.7. The Morgan fingerprint density at radius 2 is 1.71 bits per heavy atom. The van der Waals surface area contributed by atoms with Crippen LogP contribution >= 0.6 is 0 Å². The van der Waals surface area contributed by atoms with Gasteiger partial charge in [-0.3, -0.25) is 4.79 Å². The van der Waals surface area contributed by atoms with E-state index in [-0.39, 0.29) is 48.1 Å². The second kappa shape index (κ2) is 9.92. The summed E-state index contributed by atoms with van der Waals surface area (Å²) in [5, 5.41) is 2.56. The maximum Gasteiger partial charge on any atom is 0.251 e. The van der Waals surface area contributed by atoms with Crippen molar-refractivity contribution in [1.82, 2.24) is 13.9 Å². The Kier molecular flexibility index (Phi) is 7.71. The predicted octanol–water partition coefficient (Wildman–Crippen LogP) is -0.124. The van der Waals surface area contributed by atoms with E-state index in [1.165, 1.54) is 32.9 Å². The van der Waals surface area contributed by atoms with E-state index in [0.717, 1.165) is 0 Å². The first-order chi connectivity index (χ1) is 14.6. The molecule has 2 atom stereocenters. The van der Waals surface area contributed by atoms with Gasteiger partial charge in [-0.2, -0.15) is 8.61 Å². The van der Waals surface area contributed by atoms with E-state index in [0.29, 0.717) is 26.3 Å².